The largest absolute Gasteiger partial charge is 0.494 e. The van der Waals surface area contributed by atoms with Crippen LogP contribution in [-0.2, 0) is 0 Å². The molecule has 0 saturated heterocycles. The summed E-state index contributed by atoms with van der Waals surface area (Å²) in [5.74, 6) is 1.39. The molecule has 0 amide bonds. The minimum absolute atomic E-state index is 0.0507. The fraction of sp³-hybridized carbons (Fsp3) is 0.208. The third-order valence-corrected chi connectivity index (χ3v) is 5.33. The molecule has 5 heteroatoms. The number of fused-ring (bicyclic) bond motifs is 3. The maximum atomic E-state index is 13.9. The van der Waals surface area contributed by atoms with Crippen LogP contribution in [0.4, 0.5) is 4.39 Å². The van der Waals surface area contributed by atoms with Crippen molar-refractivity contribution in [1.82, 2.24) is 5.01 Å². The summed E-state index contributed by atoms with van der Waals surface area (Å²) in [4.78, 5) is 0. The van der Waals surface area contributed by atoms with Gasteiger partial charge in [-0.05, 0) is 55.0 Å². The number of hydrogen-bond donors (Lipinski definition) is 0. The van der Waals surface area contributed by atoms with E-state index in [1.165, 1.54) is 12.1 Å². The molecular formula is C24H21FN2O2. The van der Waals surface area contributed by atoms with Crippen molar-refractivity contribution >= 4 is 5.71 Å². The van der Waals surface area contributed by atoms with Crippen molar-refractivity contribution in [1.29, 1.82) is 0 Å². The number of hydrazone groups is 1. The Hall–Kier alpha value is -3.34. The van der Waals surface area contributed by atoms with E-state index in [1.807, 2.05) is 60.5 Å². The Morgan fingerprint density at radius 2 is 1.90 bits per heavy atom. The van der Waals surface area contributed by atoms with E-state index in [9.17, 15) is 4.39 Å². The smallest absolute Gasteiger partial charge is 0.213 e. The maximum absolute atomic E-state index is 13.9. The maximum Gasteiger partial charge on any atom is 0.213 e. The lowest BCUT2D eigenvalue weighted by Gasteiger charge is -2.38. The van der Waals surface area contributed by atoms with E-state index in [1.54, 1.807) is 6.07 Å². The Morgan fingerprint density at radius 3 is 2.69 bits per heavy atom. The van der Waals surface area contributed by atoms with Crippen molar-refractivity contribution in [2.45, 2.75) is 25.6 Å². The van der Waals surface area contributed by atoms with Crippen LogP contribution in [-0.4, -0.2) is 17.3 Å². The molecule has 0 fully saturated rings. The van der Waals surface area contributed by atoms with E-state index in [0.29, 0.717) is 6.61 Å². The quantitative estimate of drug-likeness (QED) is 0.595. The number of para-hydroxylation sites is 1. The monoisotopic (exact) mass is 388 g/mol. The molecule has 0 aliphatic carbocycles. The fourth-order valence-electron chi connectivity index (χ4n) is 4.00. The molecule has 4 nitrogen and oxygen atoms in total. The molecule has 2 heterocycles. The normalized spacial score (nSPS) is 19.8. The lowest BCUT2D eigenvalue weighted by molar-refractivity contribution is -0.0192. The van der Waals surface area contributed by atoms with Crippen LogP contribution in [0.3, 0.4) is 0 Å². The number of benzene rings is 3. The van der Waals surface area contributed by atoms with E-state index < -0.39 is 6.23 Å². The van der Waals surface area contributed by atoms with Crippen molar-refractivity contribution in [3.8, 4) is 11.5 Å². The van der Waals surface area contributed by atoms with Crippen LogP contribution >= 0.6 is 0 Å². The van der Waals surface area contributed by atoms with Crippen molar-refractivity contribution in [2.24, 2.45) is 5.10 Å². The van der Waals surface area contributed by atoms with Crippen LogP contribution in [0.2, 0.25) is 0 Å². The van der Waals surface area contributed by atoms with Crippen LogP contribution in [0.5, 0.6) is 11.5 Å². The van der Waals surface area contributed by atoms with Gasteiger partial charge in [0.1, 0.15) is 17.3 Å². The highest BCUT2D eigenvalue weighted by atomic mass is 19.1. The van der Waals surface area contributed by atoms with Gasteiger partial charge in [0.2, 0.25) is 6.23 Å². The number of rotatable bonds is 4. The summed E-state index contributed by atoms with van der Waals surface area (Å²) < 4.78 is 25.7. The van der Waals surface area contributed by atoms with Crippen molar-refractivity contribution in [3.63, 3.8) is 0 Å². The first-order valence-electron chi connectivity index (χ1n) is 9.83. The van der Waals surface area contributed by atoms with E-state index in [4.69, 9.17) is 14.6 Å². The summed E-state index contributed by atoms with van der Waals surface area (Å²) in [5.41, 5.74) is 3.89. The van der Waals surface area contributed by atoms with Crippen molar-refractivity contribution in [2.75, 3.05) is 6.61 Å². The molecule has 0 bridgehead atoms. The molecule has 146 valence electrons. The van der Waals surface area contributed by atoms with Crippen molar-refractivity contribution in [3.05, 3.63) is 95.3 Å². The van der Waals surface area contributed by atoms with Gasteiger partial charge in [-0.15, -0.1) is 0 Å². The zero-order valence-electron chi connectivity index (χ0n) is 16.1. The van der Waals surface area contributed by atoms with Gasteiger partial charge in [0, 0.05) is 17.5 Å². The second-order valence-electron chi connectivity index (χ2n) is 7.17. The molecular weight excluding hydrogens is 367 g/mol. The SMILES string of the molecule is CCOc1ccc(C2=NN3C(C2)c2ccccc2OC3c2cccc(F)c2)cc1. The number of ether oxygens (including phenoxy) is 2. The molecule has 0 N–H and O–H groups in total. The molecule has 5 rings (SSSR count). The number of nitrogens with zero attached hydrogens (tertiary/aromatic N) is 2. The second kappa shape index (κ2) is 7.24. The third kappa shape index (κ3) is 3.23. The third-order valence-electron chi connectivity index (χ3n) is 5.33. The minimum atomic E-state index is -0.467. The van der Waals surface area contributed by atoms with Gasteiger partial charge in [0.15, 0.2) is 0 Å². The van der Waals surface area contributed by atoms with Crippen LogP contribution in [0.25, 0.3) is 0 Å². The predicted octanol–water partition coefficient (Wildman–Crippen LogP) is 5.47. The molecule has 2 aliphatic heterocycles. The van der Waals surface area contributed by atoms with Gasteiger partial charge < -0.3 is 9.47 Å². The van der Waals surface area contributed by atoms with Crippen molar-refractivity contribution < 1.29 is 13.9 Å². The summed E-state index contributed by atoms with van der Waals surface area (Å²) in [6, 6.07) is 22.6. The average molecular weight is 388 g/mol. The molecule has 0 aromatic heterocycles. The van der Waals surface area contributed by atoms with Gasteiger partial charge in [-0.2, -0.15) is 5.10 Å². The zero-order chi connectivity index (χ0) is 19.8. The van der Waals surface area contributed by atoms with Crippen LogP contribution in [0, 0.1) is 5.82 Å². The number of hydrogen-bond acceptors (Lipinski definition) is 4. The minimum Gasteiger partial charge on any atom is -0.494 e. The Morgan fingerprint density at radius 1 is 1.07 bits per heavy atom. The topological polar surface area (TPSA) is 34.1 Å². The Labute approximate surface area is 169 Å². The zero-order valence-corrected chi connectivity index (χ0v) is 16.1. The molecule has 2 atom stereocenters. The average Bonchev–Trinajstić information content (AvgIpc) is 3.20. The first kappa shape index (κ1) is 17.7. The Bertz CT molecular complexity index is 1060. The van der Waals surface area contributed by atoms with E-state index in [-0.39, 0.29) is 11.9 Å². The van der Waals surface area contributed by atoms with E-state index in [0.717, 1.165) is 40.3 Å². The van der Waals surface area contributed by atoms with Gasteiger partial charge in [-0.3, -0.25) is 0 Å². The van der Waals surface area contributed by atoms with Gasteiger partial charge >= 0.3 is 0 Å². The highest BCUT2D eigenvalue weighted by Crippen LogP contribution is 2.47. The molecule has 3 aromatic rings. The highest BCUT2D eigenvalue weighted by Gasteiger charge is 2.40. The summed E-state index contributed by atoms with van der Waals surface area (Å²) in [6.07, 6.45) is 0.297. The molecule has 0 radical (unpaired) electrons. The van der Waals surface area contributed by atoms with Gasteiger partial charge in [0.25, 0.3) is 0 Å². The number of halogens is 1. The summed E-state index contributed by atoms with van der Waals surface area (Å²) >= 11 is 0. The standard InChI is InChI=1S/C24H21FN2O2/c1-2-28-19-12-10-16(11-13-19)21-15-22-20-8-3-4-9-23(20)29-24(27(22)26-21)17-6-5-7-18(25)14-17/h3-14,22,24H,2,15H2,1H3. The second-order valence-corrected chi connectivity index (χ2v) is 7.17. The molecule has 2 aliphatic rings. The Balaban J connectivity index is 1.53. The first-order valence-corrected chi connectivity index (χ1v) is 9.83. The van der Waals surface area contributed by atoms with Gasteiger partial charge in [-0.1, -0.05) is 30.3 Å². The Kier molecular flexibility index (Phi) is 4.43. The van der Waals surface area contributed by atoms with E-state index in [2.05, 4.69) is 6.07 Å². The summed E-state index contributed by atoms with van der Waals surface area (Å²) in [6.45, 7) is 2.61. The summed E-state index contributed by atoms with van der Waals surface area (Å²) in [7, 11) is 0. The molecule has 3 aromatic carbocycles. The molecule has 0 saturated carbocycles. The molecule has 2 unspecified atom stereocenters. The van der Waals surface area contributed by atoms with Crippen LogP contribution in [0.1, 0.15) is 42.3 Å². The molecule has 29 heavy (non-hydrogen) atoms. The van der Waals surface area contributed by atoms with Crippen LogP contribution in [0.15, 0.2) is 77.9 Å². The first-order chi connectivity index (χ1) is 14.2. The highest BCUT2D eigenvalue weighted by molar-refractivity contribution is 6.02. The lowest BCUT2D eigenvalue weighted by Crippen LogP contribution is -2.33. The predicted molar refractivity (Wildman–Crippen MR) is 110 cm³/mol. The fourth-order valence-corrected chi connectivity index (χ4v) is 4.00. The summed E-state index contributed by atoms with van der Waals surface area (Å²) in [5, 5.41) is 6.87. The van der Waals surface area contributed by atoms with Crippen LogP contribution < -0.4 is 9.47 Å². The van der Waals surface area contributed by atoms with E-state index >= 15 is 0 Å². The van der Waals surface area contributed by atoms with Gasteiger partial charge in [0.05, 0.1) is 18.4 Å². The molecule has 0 spiro atoms. The van der Waals surface area contributed by atoms with Gasteiger partial charge in [-0.25, -0.2) is 9.40 Å². The lowest BCUT2D eigenvalue weighted by atomic mass is 9.96.